The van der Waals surface area contributed by atoms with Crippen molar-refractivity contribution < 1.29 is 8.83 Å². The predicted molar refractivity (Wildman–Crippen MR) is 351 cm³/mol. The van der Waals surface area contributed by atoms with Crippen LogP contribution in [0, 0.1) is 0 Å². The maximum absolute atomic E-state index is 7.47. The molecule has 6 heterocycles. The summed E-state index contributed by atoms with van der Waals surface area (Å²) in [6.07, 6.45) is 3.48. The van der Waals surface area contributed by atoms with Gasteiger partial charge in [0.05, 0.1) is 56.7 Å². The summed E-state index contributed by atoms with van der Waals surface area (Å²) in [5, 5.41) is 12.9. The Kier molecular flexibility index (Phi) is 11.0. The van der Waals surface area contributed by atoms with Crippen molar-refractivity contribution in [2.75, 3.05) is 0 Å². The fourth-order valence-corrected chi connectivity index (χ4v) is 15.5. The summed E-state index contributed by atoms with van der Waals surface area (Å²) in [7, 11) is 0. The van der Waals surface area contributed by atoms with Crippen LogP contribution in [0.15, 0.2) is 234 Å². The lowest BCUT2D eigenvalue weighted by Crippen LogP contribution is -2.54. The fraction of sp³-hybridized carbons (Fsp3) is 0. The van der Waals surface area contributed by atoms with E-state index in [-0.39, 0.29) is 0 Å². The summed E-state index contributed by atoms with van der Waals surface area (Å²) in [6, 6.07) is 74.0. The lowest BCUT2D eigenvalue weighted by atomic mass is 9.36. The number of furan rings is 2. The van der Waals surface area contributed by atoms with Crippen LogP contribution in [0.25, 0.3) is 132 Å². The van der Waals surface area contributed by atoms with Gasteiger partial charge in [0.25, 0.3) is 0 Å². The molecular formula is C70H37BCl6N4O2. The molecule has 17 rings (SSSR count). The largest absolute Gasteiger partial charge is 0.464 e. The minimum atomic E-state index is -0.772. The average Bonchev–Trinajstić information content (AvgIpc) is 1.83. The van der Waals surface area contributed by atoms with Crippen LogP contribution in [0.1, 0.15) is 0 Å². The normalized spacial score (nSPS) is 12.2. The topological polar surface area (TPSA) is 46.0 Å². The van der Waals surface area contributed by atoms with Gasteiger partial charge in [0.1, 0.15) is 11.2 Å². The molecule has 0 aliphatic carbocycles. The third-order valence-corrected chi connectivity index (χ3v) is 18.5. The minimum Gasteiger partial charge on any atom is -0.464 e. The van der Waals surface area contributed by atoms with Gasteiger partial charge in [0, 0.05) is 107 Å². The number of benzene rings is 11. The van der Waals surface area contributed by atoms with E-state index in [1.807, 2.05) is 12.1 Å². The maximum Gasteiger partial charge on any atom is 0.249 e. The van der Waals surface area contributed by atoms with E-state index in [4.69, 9.17) is 78.4 Å². The highest BCUT2D eigenvalue weighted by atomic mass is 35.5. The molecule has 0 saturated carbocycles. The summed E-state index contributed by atoms with van der Waals surface area (Å²) >= 11 is 43.4. The molecule has 0 unspecified atom stereocenters. The van der Waals surface area contributed by atoms with Crippen LogP contribution in [-0.4, -0.2) is 25.0 Å². The van der Waals surface area contributed by atoms with Gasteiger partial charge in [-0.3, -0.25) is 0 Å². The van der Waals surface area contributed by atoms with Crippen LogP contribution >= 0.6 is 69.6 Å². The van der Waals surface area contributed by atoms with Crippen molar-refractivity contribution >= 4 is 202 Å². The van der Waals surface area contributed by atoms with E-state index in [1.54, 1.807) is 36.8 Å². The van der Waals surface area contributed by atoms with Crippen molar-refractivity contribution in [2.24, 2.45) is 0 Å². The monoisotopic (exact) mass is 1190 g/mol. The molecule has 17 aromatic rings. The Morgan fingerprint density at radius 1 is 0.289 bits per heavy atom. The number of rotatable bonds is 7. The zero-order valence-electron chi connectivity index (χ0n) is 43.3. The fourth-order valence-electron chi connectivity index (χ4n) is 13.4. The standard InChI is InChI=1S/C70H37BCl6N4O2/c72-41-33-55(74)65(56(75)34-41)71(66-57(76)35-42(73)36-58(66)77)40-31-45(80-61-15-7-3-11-49(61)53-21-19-51-47-9-1-5-13-59(47)78(67(51)69(53)80)43-17-23-63-38(29-43)25-27-82-63)37-46(32-40)81-62-16-8-4-12-50(62)54-22-20-52-48-10-2-6-14-60(48)79(68(52)70(54)81)44-18-24-64-39(30-44)26-28-83-64/h1-37H. The summed E-state index contributed by atoms with van der Waals surface area (Å²) in [4.78, 5) is 0. The van der Waals surface area contributed by atoms with Crippen LogP contribution in [-0.2, 0) is 0 Å². The number of hydrogen-bond acceptors (Lipinski definition) is 2. The molecule has 0 radical (unpaired) electrons. The molecule has 0 fully saturated rings. The highest BCUT2D eigenvalue weighted by Gasteiger charge is 2.34. The van der Waals surface area contributed by atoms with Gasteiger partial charge in [-0.05, 0) is 126 Å². The molecule has 13 heteroatoms. The second kappa shape index (κ2) is 18.5. The van der Waals surface area contributed by atoms with Crippen LogP contribution in [0.2, 0.25) is 30.1 Å². The van der Waals surface area contributed by atoms with Crippen molar-refractivity contribution in [2.45, 2.75) is 0 Å². The molecule has 0 atom stereocenters. The Morgan fingerprint density at radius 2 is 0.614 bits per heavy atom. The van der Waals surface area contributed by atoms with Gasteiger partial charge in [-0.2, -0.15) is 0 Å². The lowest BCUT2D eigenvalue weighted by molar-refractivity contribution is 0.615. The van der Waals surface area contributed by atoms with Crippen molar-refractivity contribution in [3.8, 4) is 22.7 Å². The number of halogens is 6. The first-order chi connectivity index (χ1) is 40.6. The van der Waals surface area contributed by atoms with E-state index >= 15 is 0 Å². The first-order valence-corrected chi connectivity index (χ1v) is 29.2. The first kappa shape index (κ1) is 49.1. The third kappa shape index (κ3) is 7.26. The predicted octanol–water partition coefficient (Wildman–Crippen LogP) is 20.0. The number of fused-ring (bicyclic) bond motifs is 16. The summed E-state index contributed by atoms with van der Waals surface area (Å²) < 4.78 is 21.4. The zero-order chi connectivity index (χ0) is 55.5. The van der Waals surface area contributed by atoms with E-state index in [9.17, 15) is 0 Å². The molecule has 0 spiro atoms. The molecule has 83 heavy (non-hydrogen) atoms. The highest BCUT2D eigenvalue weighted by molar-refractivity contribution is 6.99. The van der Waals surface area contributed by atoms with Gasteiger partial charge in [0.2, 0.25) is 6.71 Å². The summed E-state index contributed by atoms with van der Waals surface area (Å²) in [5.74, 6) is 0. The number of para-hydroxylation sites is 4. The second-order valence-corrected chi connectivity index (χ2v) is 23.7. The van der Waals surface area contributed by atoms with E-state index in [0.29, 0.717) is 41.1 Å². The van der Waals surface area contributed by atoms with E-state index in [2.05, 4.69) is 194 Å². The van der Waals surface area contributed by atoms with Crippen LogP contribution in [0.3, 0.4) is 0 Å². The van der Waals surface area contributed by atoms with E-state index < -0.39 is 6.71 Å². The molecule has 0 aliphatic rings. The molecular weight excluding hydrogens is 1150 g/mol. The van der Waals surface area contributed by atoms with Gasteiger partial charge in [-0.15, -0.1) is 0 Å². The van der Waals surface area contributed by atoms with Crippen LogP contribution in [0.5, 0.6) is 0 Å². The molecule has 0 aliphatic heterocycles. The van der Waals surface area contributed by atoms with Crippen LogP contribution in [0.4, 0.5) is 0 Å². The van der Waals surface area contributed by atoms with Crippen molar-refractivity contribution in [3.05, 3.63) is 255 Å². The molecule has 0 saturated heterocycles. The Bertz CT molecular complexity index is 5260. The molecule has 11 aromatic carbocycles. The Labute approximate surface area is 502 Å². The first-order valence-electron chi connectivity index (χ1n) is 27.0. The van der Waals surface area contributed by atoms with Gasteiger partial charge >= 0.3 is 0 Å². The minimum absolute atomic E-state index is 0.344. The average molecular weight is 1190 g/mol. The van der Waals surface area contributed by atoms with Gasteiger partial charge < -0.3 is 27.1 Å². The SMILES string of the molecule is Clc1cc(Cl)c(B(c2cc(-n3c4ccccc4c4ccc5c6ccccc6n(-c6ccc7occc7c6)c5c43)cc(-n3c4ccccc4c4ccc5c6ccccc6n(-c6ccc7occc7c6)c5c43)c2)c2c(Cl)cc(Cl)cc2Cl)c(Cl)c1. The third-order valence-electron chi connectivity index (χ3n) is 16.8. The Hall–Kier alpha value is -8.50. The van der Waals surface area contributed by atoms with E-state index in [0.717, 1.165) is 137 Å². The maximum atomic E-state index is 7.47. The van der Waals surface area contributed by atoms with Gasteiger partial charge in [-0.1, -0.05) is 172 Å². The highest BCUT2D eigenvalue weighted by Crippen LogP contribution is 2.45. The molecule has 6 nitrogen and oxygen atoms in total. The van der Waals surface area contributed by atoms with Gasteiger partial charge in [-0.25, -0.2) is 0 Å². The van der Waals surface area contributed by atoms with Crippen LogP contribution < -0.4 is 16.4 Å². The Morgan fingerprint density at radius 3 is 0.964 bits per heavy atom. The van der Waals surface area contributed by atoms with Gasteiger partial charge in [0.15, 0.2) is 0 Å². The molecule has 0 amide bonds. The quantitative estimate of drug-likeness (QED) is 0.149. The van der Waals surface area contributed by atoms with Crippen molar-refractivity contribution in [1.82, 2.24) is 18.3 Å². The molecule has 0 N–H and O–H groups in total. The Balaban J connectivity index is 1.07. The number of nitrogens with zero attached hydrogens (tertiary/aromatic N) is 4. The molecule has 6 aromatic heterocycles. The number of aromatic nitrogens is 4. The number of hydrogen-bond donors (Lipinski definition) is 0. The van der Waals surface area contributed by atoms with E-state index in [1.165, 1.54) is 0 Å². The van der Waals surface area contributed by atoms with Crippen molar-refractivity contribution in [1.29, 1.82) is 0 Å². The smallest absolute Gasteiger partial charge is 0.249 e. The molecule has 394 valence electrons. The zero-order valence-corrected chi connectivity index (χ0v) is 47.8. The summed E-state index contributed by atoms with van der Waals surface area (Å²) in [5.41, 5.74) is 15.5. The second-order valence-electron chi connectivity index (χ2n) is 21.2. The molecule has 0 bridgehead atoms. The summed E-state index contributed by atoms with van der Waals surface area (Å²) in [6.45, 7) is -0.772. The lowest BCUT2D eigenvalue weighted by Gasteiger charge is -2.24. The van der Waals surface area contributed by atoms with Crippen molar-refractivity contribution in [3.63, 3.8) is 0 Å².